The van der Waals surface area contributed by atoms with Gasteiger partial charge in [0.2, 0.25) is 0 Å². The number of likely N-dealkylation sites (N-methyl/N-ethyl adjacent to an activating group) is 1. The van der Waals surface area contributed by atoms with E-state index in [9.17, 15) is 0 Å². The quantitative estimate of drug-likeness (QED) is 0.816. The Hall–Kier alpha value is -1.75. The summed E-state index contributed by atoms with van der Waals surface area (Å²) >= 11 is 6.22. The molecular weight excluding hydrogens is 344 g/mol. The Morgan fingerprint density at radius 1 is 0.808 bits per heavy atom. The minimum Gasteiger partial charge on any atom is -0.367 e. The predicted molar refractivity (Wildman–Crippen MR) is 111 cm³/mol. The summed E-state index contributed by atoms with van der Waals surface area (Å²) in [6.45, 7) is 8.97. The molecule has 0 radical (unpaired) electrons. The molecule has 0 N–H and O–H groups in total. The van der Waals surface area contributed by atoms with Gasteiger partial charge in [0.25, 0.3) is 0 Å². The van der Waals surface area contributed by atoms with Gasteiger partial charge in [-0.05, 0) is 37.4 Å². The molecule has 5 heteroatoms. The van der Waals surface area contributed by atoms with Gasteiger partial charge in [0.05, 0.1) is 11.4 Å². The van der Waals surface area contributed by atoms with Crippen LogP contribution in [-0.2, 0) is 0 Å². The first kappa shape index (κ1) is 17.7. The van der Waals surface area contributed by atoms with E-state index in [1.807, 2.05) is 12.1 Å². The fourth-order valence-corrected chi connectivity index (χ4v) is 4.08. The summed E-state index contributed by atoms with van der Waals surface area (Å²) in [5, 5.41) is 0.789. The molecule has 1 fully saturated rings. The molecule has 0 bridgehead atoms. The number of benzene rings is 2. The Bertz CT molecular complexity index is 742. The Labute approximate surface area is 161 Å². The largest absolute Gasteiger partial charge is 0.367 e. The predicted octanol–water partition coefficient (Wildman–Crippen LogP) is 3.55. The van der Waals surface area contributed by atoms with Crippen LogP contribution in [0, 0.1) is 0 Å². The average Bonchev–Trinajstić information content (AvgIpc) is 2.67. The molecule has 0 aliphatic carbocycles. The number of rotatable bonds is 4. The zero-order valence-electron chi connectivity index (χ0n) is 15.4. The van der Waals surface area contributed by atoms with Crippen molar-refractivity contribution in [3.63, 3.8) is 0 Å². The summed E-state index contributed by atoms with van der Waals surface area (Å²) in [5.74, 6) is 0. The van der Waals surface area contributed by atoms with Crippen LogP contribution in [0.15, 0.2) is 48.5 Å². The fourth-order valence-electron chi connectivity index (χ4n) is 3.90. The van der Waals surface area contributed by atoms with E-state index in [2.05, 4.69) is 63.0 Å². The number of para-hydroxylation sites is 2. The lowest BCUT2D eigenvalue weighted by atomic mass is 10.1. The maximum absolute atomic E-state index is 6.22. The molecule has 0 amide bonds. The van der Waals surface area contributed by atoms with Gasteiger partial charge in [-0.25, -0.2) is 0 Å². The first-order valence-electron chi connectivity index (χ1n) is 9.49. The number of halogens is 1. The van der Waals surface area contributed by atoms with E-state index < -0.39 is 0 Å². The van der Waals surface area contributed by atoms with Gasteiger partial charge < -0.3 is 14.7 Å². The maximum Gasteiger partial charge on any atom is 0.0649 e. The third kappa shape index (κ3) is 3.83. The van der Waals surface area contributed by atoms with Crippen LogP contribution in [0.2, 0.25) is 5.02 Å². The molecule has 0 unspecified atom stereocenters. The average molecular weight is 371 g/mol. The topological polar surface area (TPSA) is 13.0 Å². The molecule has 2 heterocycles. The maximum atomic E-state index is 6.22. The number of nitrogens with zero attached hydrogens (tertiary/aromatic N) is 4. The number of anilines is 3. The molecule has 2 aromatic rings. The van der Waals surface area contributed by atoms with Crippen LogP contribution in [0.25, 0.3) is 0 Å². The number of fused-ring (bicyclic) bond motifs is 1. The SMILES string of the molecule is CN1CCN(CCN2CCN(c3cccc(Cl)c3)c3ccccc32)CC1. The van der Waals surface area contributed by atoms with Gasteiger partial charge in [0, 0.05) is 63.1 Å². The van der Waals surface area contributed by atoms with Gasteiger partial charge in [-0.2, -0.15) is 0 Å². The van der Waals surface area contributed by atoms with Gasteiger partial charge in [0.1, 0.15) is 0 Å². The highest BCUT2D eigenvalue weighted by atomic mass is 35.5. The van der Waals surface area contributed by atoms with E-state index in [4.69, 9.17) is 11.6 Å². The van der Waals surface area contributed by atoms with Gasteiger partial charge in [-0.3, -0.25) is 4.90 Å². The summed E-state index contributed by atoms with van der Waals surface area (Å²) in [4.78, 5) is 9.92. The lowest BCUT2D eigenvalue weighted by molar-refractivity contribution is 0.157. The Morgan fingerprint density at radius 2 is 1.58 bits per heavy atom. The molecule has 138 valence electrons. The second-order valence-corrected chi connectivity index (χ2v) is 7.69. The van der Waals surface area contributed by atoms with Gasteiger partial charge >= 0.3 is 0 Å². The lowest BCUT2D eigenvalue weighted by Crippen LogP contribution is -2.48. The highest BCUT2D eigenvalue weighted by Gasteiger charge is 2.24. The third-order valence-electron chi connectivity index (χ3n) is 5.51. The van der Waals surface area contributed by atoms with Crippen molar-refractivity contribution in [3.8, 4) is 0 Å². The fraction of sp³-hybridized carbons (Fsp3) is 0.429. The summed E-state index contributed by atoms with van der Waals surface area (Å²) in [6, 6.07) is 16.9. The van der Waals surface area contributed by atoms with Crippen LogP contribution in [0.4, 0.5) is 17.1 Å². The minimum atomic E-state index is 0.789. The third-order valence-corrected chi connectivity index (χ3v) is 5.74. The molecule has 0 aromatic heterocycles. The molecule has 4 nitrogen and oxygen atoms in total. The van der Waals surface area contributed by atoms with Crippen molar-refractivity contribution in [3.05, 3.63) is 53.6 Å². The number of hydrogen-bond donors (Lipinski definition) is 0. The van der Waals surface area contributed by atoms with Crippen molar-refractivity contribution in [1.82, 2.24) is 9.80 Å². The summed E-state index contributed by atoms with van der Waals surface area (Å²) < 4.78 is 0. The number of piperazine rings is 1. The second kappa shape index (κ2) is 7.87. The smallest absolute Gasteiger partial charge is 0.0649 e. The molecule has 0 saturated carbocycles. The van der Waals surface area contributed by atoms with E-state index in [1.54, 1.807) is 0 Å². The van der Waals surface area contributed by atoms with Crippen LogP contribution >= 0.6 is 11.6 Å². The normalized spacial score (nSPS) is 18.8. The van der Waals surface area contributed by atoms with Crippen molar-refractivity contribution in [2.24, 2.45) is 0 Å². The summed E-state index contributed by atoms with van der Waals surface area (Å²) in [6.07, 6.45) is 0. The van der Waals surface area contributed by atoms with Gasteiger partial charge in [-0.1, -0.05) is 29.8 Å². The van der Waals surface area contributed by atoms with Crippen LogP contribution in [-0.4, -0.2) is 69.2 Å². The molecule has 2 aromatic carbocycles. The van der Waals surface area contributed by atoms with E-state index >= 15 is 0 Å². The highest BCUT2D eigenvalue weighted by Crippen LogP contribution is 2.37. The molecule has 0 atom stereocenters. The first-order chi connectivity index (χ1) is 12.7. The van der Waals surface area contributed by atoms with E-state index in [0.717, 1.165) is 31.2 Å². The molecule has 4 rings (SSSR count). The zero-order valence-corrected chi connectivity index (χ0v) is 16.2. The molecule has 2 aliphatic rings. The Balaban J connectivity index is 1.49. The molecule has 1 saturated heterocycles. The monoisotopic (exact) mass is 370 g/mol. The van der Waals surface area contributed by atoms with Crippen molar-refractivity contribution in [1.29, 1.82) is 0 Å². The van der Waals surface area contributed by atoms with E-state index in [0.29, 0.717) is 0 Å². The lowest BCUT2D eigenvalue weighted by Gasteiger charge is -2.40. The van der Waals surface area contributed by atoms with Crippen LogP contribution < -0.4 is 9.80 Å². The first-order valence-corrected chi connectivity index (χ1v) is 9.86. The van der Waals surface area contributed by atoms with Crippen molar-refractivity contribution in [2.75, 3.05) is 69.2 Å². The van der Waals surface area contributed by atoms with Gasteiger partial charge in [0.15, 0.2) is 0 Å². The number of hydrogen-bond acceptors (Lipinski definition) is 4. The Kier molecular flexibility index (Phi) is 5.34. The Morgan fingerprint density at radius 3 is 2.35 bits per heavy atom. The van der Waals surface area contributed by atoms with E-state index in [-0.39, 0.29) is 0 Å². The van der Waals surface area contributed by atoms with Crippen molar-refractivity contribution in [2.45, 2.75) is 0 Å². The molecule has 26 heavy (non-hydrogen) atoms. The van der Waals surface area contributed by atoms with Gasteiger partial charge in [-0.15, -0.1) is 0 Å². The summed E-state index contributed by atoms with van der Waals surface area (Å²) in [5.41, 5.74) is 3.77. The highest BCUT2D eigenvalue weighted by molar-refractivity contribution is 6.30. The summed E-state index contributed by atoms with van der Waals surface area (Å²) in [7, 11) is 2.21. The molecule has 0 spiro atoms. The van der Waals surface area contributed by atoms with Crippen molar-refractivity contribution < 1.29 is 0 Å². The molecule has 2 aliphatic heterocycles. The van der Waals surface area contributed by atoms with Crippen LogP contribution in [0.1, 0.15) is 0 Å². The van der Waals surface area contributed by atoms with Crippen LogP contribution in [0.5, 0.6) is 0 Å². The van der Waals surface area contributed by atoms with E-state index in [1.165, 1.54) is 43.2 Å². The zero-order chi connectivity index (χ0) is 17.9. The second-order valence-electron chi connectivity index (χ2n) is 7.25. The van der Waals surface area contributed by atoms with Crippen molar-refractivity contribution >= 4 is 28.7 Å². The van der Waals surface area contributed by atoms with Crippen LogP contribution in [0.3, 0.4) is 0 Å². The minimum absolute atomic E-state index is 0.789. The molecular formula is C21H27ClN4. The standard InChI is InChI=1S/C21H27ClN4/c1-23-9-11-24(12-10-23)13-14-25-15-16-26(19-6-4-5-18(22)17-19)21-8-3-2-7-20(21)25/h2-8,17H,9-16H2,1H3.